The standard InChI is InChI=1S/C20H25FN2O/c21-18-7-9-19(10-8-18)23-13-4-12-22(15-16-23)14-11-20(24)17-5-2-1-3-6-17/h1-3,5-10,20,24H,4,11-16H2/t20-/m0/s1. The fourth-order valence-corrected chi connectivity index (χ4v) is 3.25. The monoisotopic (exact) mass is 328 g/mol. The molecule has 128 valence electrons. The summed E-state index contributed by atoms with van der Waals surface area (Å²) in [6.45, 7) is 4.84. The minimum Gasteiger partial charge on any atom is -0.388 e. The average molecular weight is 328 g/mol. The highest BCUT2D eigenvalue weighted by molar-refractivity contribution is 5.46. The maximum Gasteiger partial charge on any atom is 0.123 e. The highest BCUT2D eigenvalue weighted by Gasteiger charge is 2.16. The fourth-order valence-electron chi connectivity index (χ4n) is 3.25. The van der Waals surface area contributed by atoms with E-state index in [1.807, 2.05) is 42.5 Å². The van der Waals surface area contributed by atoms with Gasteiger partial charge in [0.1, 0.15) is 5.82 Å². The van der Waals surface area contributed by atoms with Crippen LogP contribution in [0.5, 0.6) is 0 Å². The van der Waals surface area contributed by atoms with Crippen molar-refractivity contribution >= 4 is 5.69 Å². The molecule has 0 radical (unpaired) electrons. The van der Waals surface area contributed by atoms with Crippen molar-refractivity contribution in [2.45, 2.75) is 18.9 Å². The van der Waals surface area contributed by atoms with E-state index in [4.69, 9.17) is 0 Å². The molecule has 0 aliphatic carbocycles. The van der Waals surface area contributed by atoms with Gasteiger partial charge in [-0.05, 0) is 49.2 Å². The molecule has 2 aromatic carbocycles. The Balaban J connectivity index is 1.49. The molecule has 0 aromatic heterocycles. The van der Waals surface area contributed by atoms with Crippen molar-refractivity contribution in [3.05, 3.63) is 66.0 Å². The first kappa shape index (κ1) is 16.9. The van der Waals surface area contributed by atoms with Gasteiger partial charge in [-0.15, -0.1) is 0 Å². The molecule has 0 spiro atoms. The summed E-state index contributed by atoms with van der Waals surface area (Å²) in [5.74, 6) is -0.190. The number of aliphatic hydroxyl groups is 1. The molecule has 24 heavy (non-hydrogen) atoms. The van der Waals surface area contributed by atoms with E-state index in [-0.39, 0.29) is 5.82 Å². The minimum atomic E-state index is -0.400. The molecular weight excluding hydrogens is 303 g/mol. The molecule has 1 atom stereocenters. The van der Waals surface area contributed by atoms with Crippen molar-refractivity contribution < 1.29 is 9.50 Å². The zero-order valence-electron chi connectivity index (χ0n) is 13.9. The van der Waals surface area contributed by atoms with Crippen LogP contribution in [-0.4, -0.2) is 42.7 Å². The molecule has 2 aromatic rings. The number of anilines is 1. The number of aliphatic hydroxyl groups excluding tert-OH is 1. The lowest BCUT2D eigenvalue weighted by Crippen LogP contribution is -2.31. The summed E-state index contributed by atoms with van der Waals surface area (Å²) in [6.07, 6.45) is 1.43. The third-order valence-corrected chi connectivity index (χ3v) is 4.68. The van der Waals surface area contributed by atoms with Gasteiger partial charge < -0.3 is 14.9 Å². The summed E-state index contributed by atoms with van der Waals surface area (Å²) < 4.78 is 13.1. The quantitative estimate of drug-likeness (QED) is 0.910. The van der Waals surface area contributed by atoms with Gasteiger partial charge in [0.15, 0.2) is 0 Å². The first-order valence-electron chi connectivity index (χ1n) is 8.68. The Hall–Kier alpha value is -1.91. The van der Waals surface area contributed by atoms with Crippen LogP contribution in [0, 0.1) is 5.82 Å². The van der Waals surface area contributed by atoms with Crippen molar-refractivity contribution in [3.8, 4) is 0 Å². The maximum atomic E-state index is 13.1. The van der Waals surface area contributed by atoms with Gasteiger partial charge in [-0.2, -0.15) is 0 Å². The Morgan fingerprint density at radius 1 is 0.917 bits per heavy atom. The summed E-state index contributed by atoms with van der Waals surface area (Å²) in [4.78, 5) is 4.72. The summed E-state index contributed by atoms with van der Waals surface area (Å²) in [5.41, 5.74) is 2.07. The van der Waals surface area contributed by atoms with Crippen LogP contribution in [-0.2, 0) is 0 Å². The van der Waals surface area contributed by atoms with E-state index < -0.39 is 6.10 Å². The van der Waals surface area contributed by atoms with E-state index in [0.29, 0.717) is 0 Å². The van der Waals surface area contributed by atoms with Crippen LogP contribution in [0.4, 0.5) is 10.1 Å². The van der Waals surface area contributed by atoms with E-state index in [1.54, 1.807) is 0 Å². The molecule has 1 fully saturated rings. The van der Waals surface area contributed by atoms with Crippen molar-refractivity contribution in [2.24, 2.45) is 0 Å². The van der Waals surface area contributed by atoms with Crippen LogP contribution in [0.3, 0.4) is 0 Å². The van der Waals surface area contributed by atoms with E-state index in [9.17, 15) is 9.50 Å². The normalized spacial score (nSPS) is 17.5. The minimum absolute atomic E-state index is 0.190. The molecule has 0 bridgehead atoms. The van der Waals surface area contributed by atoms with Crippen LogP contribution in [0.1, 0.15) is 24.5 Å². The number of halogens is 1. The number of benzene rings is 2. The molecule has 4 heteroatoms. The fraction of sp³-hybridized carbons (Fsp3) is 0.400. The van der Waals surface area contributed by atoms with Gasteiger partial charge in [-0.3, -0.25) is 0 Å². The number of nitrogens with zero attached hydrogens (tertiary/aromatic N) is 2. The van der Waals surface area contributed by atoms with E-state index in [0.717, 1.165) is 56.8 Å². The molecule has 3 rings (SSSR count). The van der Waals surface area contributed by atoms with Gasteiger partial charge in [0, 0.05) is 31.9 Å². The summed E-state index contributed by atoms with van der Waals surface area (Å²) in [5, 5.41) is 10.3. The number of rotatable bonds is 5. The second kappa shape index (κ2) is 8.27. The first-order chi connectivity index (χ1) is 11.7. The largest absolute Gasteiger partial charge is 0.388 e. The van der Waals surface area contributed by atoms with Crippen LogP contribution in [0.25, 0.3) is 0 Å². The predicted octanol–water partition coefficient (Wildman–Crippen LogP) is 3.46. The summed E-state index contributed by atoms with van der Waals surface area (Å²) in [7, 11) is 0. The second-order valence-electron chi connectivity index (χ2n) is 6.37. The van der Waals surface area contributed by atoms with Gasteiger partial charge >= 0.3 is 0 Å². The maximum absolute atomic E-state index is 13.1. The van der Waals surface area contributed by atoms with Gasteiger partial charge in [0.05, 0.1) is 6.10 Å². The molecule has 1 aliphatic heterocycles. The Bertz CT molecular complexity index is 617. The van der Waals surface area contributed by atoms with Gasteiger partial charge in [-0.25, -0.2) is 4.39 Å². The molecular formula is C20H25FN2O. The molecule has 1 aliphatic rings. The number of hydrogen-bond acceptors (Lipinski definition) is 3. The Labute approximate surface area is 143 Å². The third-order valence-electron chi connectivity index (χ3n) is 4.68. The van der Waals surface area contributed by atoms with E-state index >= 15 is 0 Å². The molecule has 0 saturated carbocycles. The van der Waals surface area contributed by atoms with Crippen molar-refractivity contribution in [1.29, 1.82) is 0 Å². The van der Waals surface area contributed by atoms with Gasteiger partial charge in [0.25, 0.3) is 0 Å². The number of hydrogen-bond donors (Lipinski definition) is 1. The molecule has 0 amide bonds. The summed E-state index contributed by atoms with van der Waals surface area (Å²) >= 11 is 0. The molecule has 1 N–H and O–H groups in total. The van der Waals surface area contributed by atoms with E-state index in [1.165, 1.54) is 12.1 Å². The average Bonchev–Trinajstić information content (AvgIpc) is 2.87. The van der Waals surface area contributed by atoms with Crippen LogP contribution in [0.15, 0.2) is 54.6 Å². The SMILES string of the molecule is O[C@@H](CCN1CCCN(c2ccc(F)cc2)CC1)c1ccccc1. The van der Waals surface area contributed by atoms with Crippen molar-refractivity contribution in [1.82, 2.24) is 4.90 Å². The molecule has 1 heterocycles. The lowest BCUT2D eigenvalue weighted by Gasteiger charge is -2.24. The lowest BCUT2D eigenvalue weighted by atomic mass is 10.1. The zero-order chi connectivity index (χ0) is 16.8. The second-order valence-corrected chi connectivity index (χ2v) is 6.37. The van der Waals surface area contributed by atoms with Crippen molar-refractivity contribution in [3.63, 3.8) is 0 Å². The Morgan fingerprint density at radius 2 is 1.67 bits per heavy atom. The van der Waals surface area contributed by atoms with Crippen LogP contribution < -0.4 is 4.90 Å². The molecule has 1 saturated heterocycles. The van der Waals surface area contributed by atoms with Gasteiger partial charge in [0.2, 0.25) is 0 Å². The molecule has 3 nitrogen and oxygen atoms in total. The Kier molecular flexibility index (Phi) is 5.83. The summed E-state index contributed by atoms with van der Waals surface area (Å²) in [6, 6.07) is 16.6. The van der Waals surface area contributed by atoms with Crippen LogP contribution >= 0.6 is 0 Å². The third kappa shape index (κ3) is 4.56. The smallest absolute Gasteiger partial charge is 0.123 e. The zero-order valence-corrected chi connectivity index (χ0v) is 13.9. The Morgan fingerprint density at radius 3 is 2.42 bits per heavy atom. The van der Waals surface area contributed by atoms with Crippen molar-refractivity contribution in [2.75, 3.05) is 37.6 Å². The van der Waals surface area contributed by atoms with E-state index in [2.05, 4.69) is 9.80 Å². The highest BCUT2D eigenvalue weighted by Crippen LogP contribution is 2.19. The molecule has 0 unspecified atom stereocenters. The topological polar surface area (TPSA) is 26.7 Å². The predicted molar refractivity (Wildman–Crippen MR) is 95.7 cm³/mol. The highest BCUT2D eigenvalue weighted by atomic mass is 19.1. The first-order valence-corrected chi connectivity index (χ1v) is 8.68. The van der Waals surface area contributed by atoms with Gasteiger partial charge in [-0.1, -0.05) is 30.3 Å². The lowest BCUT2D eigenvalue weighted by molar-refractivity contribution is 0.144. The van der Waals surface area contributed by atoms with Crippen LogP contribution in [0.2, 0.25) is 0 Å².